The van der Waals surface area contributed by atoms with Crippen molar-refractivity contribution in [1.29, 1.82) is 5.41 Å². The topological polar surface area (TPSA) is 120 Å². The van der Waals surface area contributed by atoms with Crippen molar-refractivity contribution in [3.05, 3.63) is 29.8 Å². The van der Waals surface area contributed by atoms with Gasteiger partial charge in [0.05, 0.1) is 0 Å². The van der Waals surface area contributed by atoms with Crippen molar-refractivity contribution in [3.63, 3.8) is 0 Å². The van der Waals surface area contributed by atoms with Crippen molar-refractivity contribution in [2.45, 2.75) is 12.8 Å². The van der Waals surface area contributed by atoms with Crippen LogP contribution >= 0.6 is 0 Å². The van der Waals surface area contributed by atoms with Crippen molar-refractivity contribution in [2.75, 3.05) is 5.32 Å². The van der Waals surface area contributed by atoms with Crippen molar-refractivity contribution in [1.82, 2.24) is 5.73 Å². The third-order valence-corrected chi connectivity index (χ3v) is 2.06. The molecule has 89 valence electrons. The first-order valence-corrected chi connectivity index (χ1v) is 4.98. The maximum Gasteiger partial charge on any atom is 0.238 e. The van der Waals surface area contributed by atoms with E-state index in [9.17, 15) is 9.59 Å². The normalized spacial score (nSPS) is 9.65. The molecule has 1 aromatic rings. The van der Waals surface area contributed by atoms with Gasteiger partial charge in [-0.1, -0.05) is 0 Å². The highest BCUT2D eigenvalue weighted by Gasteiger charge is 2.05. The molecule has 1 aromatic carbocycles. The molecule has 2 amide bonds. The van der Waals surface area contributed by atoms with Crippen molar-refractivity contribution < 1.29 is 9.59 Å². The second-order valence-corrected chi connectivity index (χ2v) is 3.46. The molecule has 0 aromatic heterocycles. The molecule has 6 nitrogen and oxygen atoms in total. The summed E-state index contributed by atoms with van der Waals surface area (Å²) in [6.45, 7) is 0. The molecule has 6 heteroatoms. The van der Waals surface area contributed by atoms with Crippen LogP contribution in [0.2, 0.25) is 0 Å². The Morgan fingerprint density at radius 1 is 1.18 bits per heavy atom. The number of nitrogens with one attached hydrogen (secondary N) is 3. The number of anilines is 1. The summed E-state index contributed by atoms with van der Waals surface area (Å²) < 4.78 is 0. The van der Waals surface area contributed by atoms with Gasteiger partial charge in [-0.05, 0) is 24.3 Å². The average Bonchev–Trinajstić information content (AvgIpc) is 2.27. The number of benzene rings is 1. The van der Waals surface area contributed by atoms with E-state index in [0.717, 1.165) is 0 Å². The molecule has 0 fully saturated rings. The third-order valence-electron chi connectivity index (χ3n) is 2.06. The first-order chi connectivity index (χ1) is 7.99. The van der Waals surface area contributed by atoms with E-state index in [1.807, 2.05) is 0 Å². The summed E-state index contributed by atoms with van der Waals surface area (Å²) in [7, 11) is 0. The Morgan fingerprint density at radius 3 is 2.24 bits per heavy atom. The summed E-state index contributed by atoms with van der Waals surface area (Å²) >= 11 is 0. The second-order valence-electron chi connectivity index (χ2n) is 3.46. The maximum atomic E-state index is 11.3. The van der Waals surface area contributed by atoms with E-state index >= 15 is 0 Å². The first kappa shape index (κ1) is 12.7. The second kappa shape index (κ2) is 5.64. The summed E-state index contributed by atoms with van der Waals surface area (Å²) in [5, 5.41) is 9.77. The summed E-state index contributed by atoms with van der Waals surface area (Å²) in [4.78, 5) is 21.7. The van der Waals surface area contributed by atoms with Crippen LogP contribution in [0.25, 0.3) is 0 Å². The van der Waals surface area contributed by atoms with Gasteiger partial charge in [0, 0.05) is 24.1 Å². The fourth-order valence-corrected chi connectivity index (χ4v) is 1.18. The number of nitrogen functional groups attached to an aromatic ring is 1. The minimum absolute atomic E-state index is 0.00318. The van der Waals surface area contributed by atoms with Gasteiger partial charge in [0.15, 0.2) is 0 Å². The van der Waals surface area contributed by atoms with Crippen molar-refractivity contribution in [2.24, 2.45) is 5.73 Å². The van der Waals surface area contributed by atoms with Crippen LogP contribution in [0.4, 0.5) is 5.69 Å². The summed E-state index contributed by atoms with van der Waals surface area (Å²) in [5.41, 5.74) is 13.1. The number of rotatable bonds is 5. The summed E-state index contributed by atoms with van der Waals surface area (Å²) in [6.07, 6.45) is -0.0891. The lowest BCUT2D eigenvalue weighted by Gasteiger charge is -2.05. The Labute approximate surface area is 98.5 Å². The number of carbonyl (C=O) groups is 2. The zero-order valence-corrected chi connectivity index (χ0v) is 9.12. The first-order valence-electron chi connectivity index (χ1n) is 4.98. The van der Waals surface area contributed by atoms with E-state index in [0.29, 0.717) is 11.3 Å². The SMILES string of the molecule is [NH]C(=O)CCC(=O)Nc1ccc(C(=N)N)cc1. The van der Waals surface area contributed by atoms with E-state index < -0.39 is 5.91 Å². The monoisotopic (exact) mass is 233 g/mol. The summed E-state index contributed by atoms with van der Waals surface area (Å²) in [6, 6.07) is 6.48. The Bertz CT molecular complexity index is 439. The maximum absolute atomic E-state index is 11.3. The van der Waals surface area contributed by atoms with E-state index in [2.05, 4.69) is 5.32 Å². The molecule has 0 unspecified atom stereocenters. The molecular formula is C11H13N4O2. The Balaban J connectivity index is 2.54. The number of nitrogens with two attached hydrogens (primary N) is 1. The fraction of sp³-hybridized carbons (Fsp3) is 0.182. The smallest absolute Gasteiger partial charge is 0.238 e. The minimum atomic E-state index is -0.757. The van der Waals surface area contributed by atoms with Gasteiger partial charge < -0.3 is 11.1 Å². The van der Waals surface area contributed by atoms with Gasteiger partial charge in [-0.15, -0.1) is 0 Å². The van der Waals surface area contributed by atoms with Crippen molar-refractivity contribution >= 4 is 23.3 Å². The lowest BCUT2D eigenvalue weighted by molar-refractivity contribution is -0.122. The largest absolute Gasteiger partial charge is 0.384 e. The van der Waals surface area contributed by atoms with E-state index in [4.69, 9.17) is 16.9 Å². The molecular weight excluding hydrogens is 220 g/mol. The van der Waals surface area contributed by atoms with Crippen LogP contribution in [0.15, 0.2) is 24.3 Å². The van der Waals surface area contributed by atoms with Gasteiger partial charge in [0.2, 0.25) is 11.8 Å². The van der Waals surface area contributed by atoms with E-state index in [1.165, 1.54) is 0 Å². The van der Waals surface area contributed by atoms with Crippen LogP contribution in [0.5, 0.6) is 0 Å². The fourth-order valence-electron chi connectivity index (χ4n) is 1.18. The molecule has 1 radical (unpaired) electrons. The minimum Gasteiger partial charge on any atom is -0.384 e. The summed E-state index contributed by atoms with van der Waals surface area (Å²) in [5.74, 6) is -1.11. The van der Waals surface area contributed by atoms with Crippen LogP contribution in [-0.2, 0) is 9.59 Å². The molecule has 0 bridgehead atoms. The van der Waals surface area contributed by atoms with Gasteiger partial charge in [-0.2, -0.15) is 0 Å². The highest BCUT2D eigenvalue weighted by molar-refractivity contribution is 5.96. The van der Waals surface area contributed by atoms with Gasteiger partial charge in [-0.3, -0.25) is 20.7 Å². The van der Waals surface area contributed by atoms with Gasteiger partial charge in [0.1, 0.15) is 5.84 Å². The Morgan fingerprint density at radius 2 is 1.76 bits per heavy atom. The lowest BCUT2D eigenvalue weighted by Crippen LogP contribution is -2.14. The number of amides is 2. The van der Waals surface area contributed by atoms with Gasteiger partial charge in [-0.25, -0.2) is 0 Å². The number of carbonyl (C=O) groups excluding carboxylic acids is 2. The van der Waals surface area contributed by atoms with Crippen LogP contribution in [0.1, 0.15) is 18.4 Å². The van der Waals surface area contributed by atoms with E-state index in [-0.39, 0.29) is 24.6 Å². The predicted molar refractivity (Wildman–Crippen MR) is 63.4 cm³/mol. The molecule has 0 heterocycles. The number of amidine groups is 1. The Hall–Kier alpha value is -2.37. The highest BCUT2D eigenvalue weighted by atomic mass is 16.2. The molecule has 0 aliphatic heterocycles. The molecule has 0 saturated heterocycles. The van der Waals surface area contributed by atoms with Crippen LogP contribution in [0.3, 0.4) is 0 Å². The quantitative estimate of drug-likeness (QED) is 0.507. The average molecular weight is 233 g/mol. The lowest BCUT2D eigenvalue weighted by atomic mass is 10.2. The molecule has 5 N–H and O–H groups in total. The van der Waals surface area contributed by atoms with Gasteiger partial charge in [0.25, 0.3) is 0 Å². The van der Waals surface area contributed by atoms with Crippen molar-refractivity contribution in [3.8, 4) is 0 Å². The molecule has 1 rings (SSSR count). The third kappa shape index (κ3) is 4.33. The van der Waals surface area contributed by atoms with Crippen LogP contribution < -0.4 is 16.8 Å². The number of hydrogen-bond acceptors (Lipinski definition) is 3. The van der Waals surface area contributed by atoms with Crippen LogP contribution in [0, 0.1) is 5.41 Å². The van der Waals surface area contributed by atoms with Gasteiger partial charge >= 0.3 is 0 Å². The zero-order chi connectivity index (χ0) is 12.8. The zero-order valence-electron chi connectivity index (χ0n) is 9.12. The molecule has 17 heavy (non-hydrogen) atoms. The molecule has 0 aliphatic carbocycles. The number of hydrogen-bond donors (Lipinski definition) is 3. The van der Waals surface area contributed by atoms with Crippen LogP contribution in [-0.4, -0.2) is 17.6 Å². The van der Waals surface area contributed by atoms with E-state index in [1.54, 1.807) is 24.3 Å². The highest BCUT2D eigenvalue weighted by Crippen LogP contribution is 2.09. The molecule has 0 spiro atoms. The Kier molecular flexibility index (Phi) is 4.21. The molecule has 0 aliphatic rings. The molecule has 0 atom stereocenters. The standard InChI is InChI=1S/C11H13N4O2/c12-9(16)5-6-10(17)15-8-3-1-7(2-4-8)11(13)14/h1-4,12H,5-6H2,(H3,13,14)(H,15,17). The predicted octanol–water partition coefficient (Wildman–Crippen LogP) is 0.499. The molecule has 0 saturated carbocycles.